The normalized spacial score (nSPS) is 12.0. The molecule has 7 heteroatoms. The van der Waals surface area contributed by atoms with Gasteiger partial charge < -0.3 is 14.2 Å². The van der Waals surface area contributed by atoms with Gasteiger partial charge in [0.2, 0.25) is 0 Å². The van der Waals surface area contributed by atoms with E-state index in [0.29, 0.717) is 12.4 Å². The third-order valence-electron chi connectivity index (χ3n) is 5.23. The van der Waals surface area contributed by atoms with Gasteiger partial charge in [0.1, 0.15) is 29.0 Å². The average molecular weight is 418 g/mol. The van der Waals surface area contributed by atoms with Crippen LogP contribution in [0.3, 0.4) is 0 Å². The van der Waals surface area contributed by atoms with Crippen molar-refractivity contribution in [1.29, 1.82) is 0 Å². The van der Waals surface area contributed by atoms with E-state index in [1.165, 1.54) is 0 Å². The first kappa shape index (κ1) is 20.7. The fourth-order valence-corrected chi connectivity index (χ4v) is 3.85. The molecule has 2 aromatic carbocycles. The van der Waals surface area contributed by atoms with Crippen molar-refractivity contribution in [2.45, 2.75) is 33.8 Å². The lowest BCUT2D eigenvalue weighted by Gasteiger charge is -2.18. The van der Waals surface area contributed by atoms with Gasteiger partial charge >= 0.3 is 0 Å². The van der Waals surface area contributed by atoms with Gasteiger partial charge in [0.15, 0.2) is 0 Å². The summed E-state index contributed by atoms with van der Waals surface area (Å²) in [5.74, 6) is 2.21. The Morgan fingerprint density at radius 2 is 1.84 bits per heavy atom. The lowest BCUT2D eigenvalue weighted by atomic mass is 10.0. The lowest BCUT2D eigenvalue weighted by molar-refractivity contribution is 0.225. The molecule has 0 fully saturated rings. The van der Waals surface area contributed by atoms with E-state index in [9.17, 15) is 0 Å². The molecule has 0 aliphatic heterocycles. The molecule has 1 atom stereocenters. The summed E-state index contributed by atoms with van der Waals surface area (Å²) in [4.78, 5) is 0. The zero-order valence-corrected chi connectivity index (χ0v) is 18.4. The number of nitrogens with one attached hydrogen (secondary N) is 1. The van der Waals surface area contributed by atoms with Crippen LogP contribution in [0.1, 0.15) is 36.8 Å². The maximum Gasteiger partial charge on any atom is 0.123 e. The molecular weight excluding hydrogens is 392 g/mol. The summed E-state index contributed by atoms with van der Waals surface area (Å²) in [5.41, 5.74) is 5.63. The molecule has 1 N–H and O–H groups in total. The molecule has 0 aliphatic rings. The molecule has 4 aromatic rings. The number of aryl methyl sites for hydroxylation is 2. The number of methoxy groups -OCH3 is 1. The van der Waals surface area contributed by atoms with Gasteiger partial charge in [0.25, 0.3) is 0 Å². The summed E-state index contributed by atoms with van der Waals surface area (Å²) in [6.07, 6.45) is 1.60. The van der Waals surface area contributed by atoms with E-state index in [-0.39, 0.29) is 6.10 Å². The molecular formula is C24H26N4O3. The number of nitrogens with zero attached hydrogens (tertiary/aromatic N) is 3. The summed E-state index contributed by atoms with van der Waals surface area (Å²) in [6, 6.07) is 11.7. The van der Waals surface area contributed by atoms with Gasteiger partial charge in [-0.15, -0.1) is 0 Å². The van der Waals surface area contributed by atoms with Crippen LogP contribution in [0.25, 0.3) is 22.2 Å². The predicted molar refractivity (Wildman–Crippen MR) is 120 cm³/mol. The van der Waals surface area contributed by atoms with Crippen LogP contribution >= 0.6 is 0 Å². The second-order valence-corrected chi connectivity index (χ2v) is 7.40. The maximum absolute atomic E-state index is 6.28. The Bertz CT molecular complexity index is 1200. The topological polar surface area (TPSA) is 82.2 Å². The minimum absolute atomic E-state index is 0.162. The van der Waals surface area contributed by atoms with Crippen molar-refractivity contribution in [3.05, 3.63) is 59.4 Å². The zero-order chi connectivity index (χ0) is 22.0. The molecule has 0 unspecified atom stereocenters. The number of hydrogen-bond acceptors (Lipinski definition) is 6. The highest BCUT2D eigenvalue weighted by atomic mass is 16.5. The minimum Gasteiger partial charge on any atom is -0.497 e. The summed E-state index contributed by atoms with van der Waals surface area (Å²) >= 11 is 0. The number of rotatable bonds is 7. The maximum atomic E-state index is 6.28. The molecule has 4 rings (SSSR count). The van der Waals surface area contributed by atoms with Gasteiger partial charge in [-0.25, -0.2) is 0 Å². The van der Waals surface area contributed by atoms with Crippen molar-refractivity contribution in [2.75, 3.05) is 13.7 Å². The van der Waals surface area contributed by atoms with Crippen molar-refractivity contribution in [3.8, 4) is 28.5 Å². The predicted octanol–water partition coefficient (Wildman–Crippen LogP) is 5.18. The fraction of sp³-hybridized carbons (Fsp3) is 0.292. The number of benzene rings is 2. The van der Waals surface area contributed by atoms with E-state index in [1.807, 2.05) is 64.1 Å². The molecule has 2 aromatic heterocycles. The summed E-state index contributed by atoms with van der Waals surface area (Å²) in [7, 11) is 1.64. The molecule has 0 saturated heterocycles. The second kappa shape index (κ2) is 8.63. The van der Waals surface area contributed by atoms with Gasteiger partial charge in [-0.05, 0) is 63.6 Å². The van der Waals surface area contributed by atoms with E-state index in [0.717, 1.165) is 50.5 Å². The van der Waals surface area contributed by atoms with Crippen molar-refractivity contribution >= 4 is 10.9 Å². The molecule has 2 heterocycles. The third kappa shape index (κ3) is 4.17. The van der Waals surface area contributed by atoms with Gasteiger partial charge in [-0.3, -0.25) is 5.10 Å². The molecule has 31 heavy (non-hydrogen) atoms. The molecule has 0 spiro atoms. The quantitative estimate of drug-likeness (QED) is 0.445. The monoisotopic (exact) mass is 418 g/mol. The van der Waals surface area contributed by atoms with Crippen LogP contribution in [0.5, 0.6) is 17.2 Å². The first-order valence-corrected chi connectivity index (χ1v) is 10.3. The molecule has 7 nitrogen and oxygen atoms in total. The molecule has 0 saturated carbocycles. The van der Waals surface area contributed by atoms with Crippen LogP contribution in [-0.2, 0) is 0 Å². The minimum atomic E-state index is -0.162. The van der Waals surface area contributed by atoms with Gasteiger partial charge in [0, 0.05) is 22.6 Å². The van der Waals surface area contributed by atoms with E-state index >= 15 is 0 Å². The first-order chi connectivity index (χ1) is 15.0. The van der Waals surface area contributed by atoms with Gasteiger partial charge in [-0.1, -0.05) is 0 Å². The smallest absolute Gasteiger partial charge is 0.123 e. The van der Waals surface area contributed by atoms with E-state index in [4.69, 9.17) is 14.2 Å². The number of ether oxygens (including phenoxy) is 3. The first-order valence-electron chi connectivity index (χ1n) is 10.3. The Labute approximate surface area is 181 Å². The Balaban J connectivity index is 1.71. The highest BCUT2D eigenvalue weighted by Gasteiger charge is 2.17. The number of H-pyrrole nitrogens is 1. The Hall–Kier alpha value is -3.61. The molecule has 160 valence electrons. The number of aromatic amines is 1. The molecule has 0 radical (unpaired) electrons. The molecule has 0 aliphatic carbocycles. The van der Waals surface area contributed by atoms with Gasteiger partial charge in [0.05, 0.1) is 31.1 Å². The Morgan fingerprint density at radius 1 is 1.03 bits per heavy atom. The number of fused-ring (bicyclic) bond motifs is 1. The van der Waals surface area contributed by atoms with Crippen molar-refractivity contribution < 1.29 is 14.2 Å². The highest BCUT2D eigenvalue weighted by molar-refractivity contribution is 5.94. The van der Waals surface area contributed by atoms with Crippen LogP contribution in [-0.4, -0.2) is 34.1 Å². The van der Waals surface area contributed by atoms with Crippen LogP contribution in [0.2, 0.25) is 0 Å². The van der Waals surface area contributed by atoms with Gasteiger partial charge in [-0.2, -0.15) is 15.3 Å². The molecule has 0 amide bonds. The SMILES string of the molecule is CCOc1cc(OC)cc(-c2n[nH]c3ccc(O[C@H](C)c4c(C)cnnc4C)cc23)c1. The largest absolute Gasteiger partial charge is 0.497 e. The van der Waals surface area contributed by atoms with E-state index in [2.05, 4.69) is 20.4 Å². The Morgan fingerprint density at radius 3 is 2.58 bits per heavy atom. The zero-order valence-electron chi connectivity index (χ0n) is 18.4. The molecule has 0 bridgehead atoms. The van der Waals surface area contributed by atoms with Crippen LogP contribution in [0, 0.1) is 13.8 Å². The fourth-order valence-electron chi connectivity index (χ4n) is 3.85. The highest BCUT2D eigenvalue weighted by Crippen LogP contribution is 2.35. The van der Waals surface area contributed by atoms with Crippen LogP contribution < -0.4 is 14.2 Å². The summed E-state index contributed by atoms with van der Waals surface area (Å²) in [5, 5.41) is 16.8. The summed E-state index contributed by atoms with van der Waals surface area (Å²) < 4.78 is 17.4. The lowest BCUT2D eigenvalue weighted by Crippen LogP contribution is -2.09. The standard InChI is InChI=1S/C24H26N4O3/c1-6-30-20-10-17(9-19(11-20)29-5)24-21-12-18(7-8-22(21)27-28-24)31-16(4)23-14(2)13-25-26-15(23)3/h7-13,16H,6H2,1-5H3,(H,27,28)/t16-/m1/s1. The third-order valence-corrected chi connectivity index (χ3v) is 5.23. The van der Waals surface area contributed by atoms with Crippen molar-refractivity contribution in [2.24, 2.45) is 0 Å². The van der Waals surface area contributed by atoms with Crippen molar-refractivity contribution in [1.82, 2.24) is 20.4 Å². The van der Waals surface area contributed by atoms with Crippen molar-refractivity contribution in [3.63, 3.8) is 0 Å². The second-order valence-electron chi connectivity index (χ2n) is 7.40. The average Bonchev–Trinajstić information content (AvgIpc) is 3.17. The van der Waals surface area contributed by atoms with E-state index in [1.54, 1.807) is 13.3 Å². The van der Waals surface area contributed by atoms with Crippen LogP contribution in [0.4, 0.5) is 0 Å². The Kier molecular flexibility index (Phi) is 5.75. The number of hydrogen-bond donors (Lipinski definition) is 1. The summed E-state index contributed by atoms with van der Waals surface area (Å²) in [6.45, 7) is 8.52. The van der Waals surface area contributed by atoms with Crippen LogP contribution in [0.15, 0.2) is 42.6 Å². The number of aromatic nitrogens is 4. The van der Waals surface area contributed by atoms with E-state index < -0.39 is 0 Å².